The van der Waals surface area contributed by atoms with Crippen molar-refractivity contribution < 1.29 is 4.79 Å². The van der Waals surface area contributed by atoms with Crippen LogP contribution in [0.2, 0.25) is 15.1 Å². The molecule has 4 aromatic rings. The summed E-state index contributed by atoms with van der Waals surface area (Å²) in [7, 11) is 0. The summed E-state index contributed by atoms with van der Waals surface area (Å²) in [5.41, 5.74) is 2.35. The van der Waals surface area contributed by atoms with Crippen LogP contribution in [-0.4, -0.2) is 20.7 Å². The van der Waals surface area contributed by atoms with Gasteiger partial charge in [-0.05, 0) is 73.0 Å². The standard InChI is InChI=1S/C26H22Cl3N3OS/c27-19-4-1-18(2-5-19)3-9-23(16-32-14-13-30-17-32)34-22-10-7-21(8-11-22)31-26(33)24-12-6-20(28)15-25(24)29/h1-2,4-8,10-15,17,23H,3,9,16H2,(H,31,33). The van der Waals surface area contributed by atoms with Crippen LogP contribution in [0.15, 0.2) is 90.3 Å². The topological polar surface area (TPSA) is 46.9 Å². The molecule has 0 aliphatic rings. The molecule has 0 spiro atoms. The summed E-state index contributed by atoms with van der Waals surface area (Å²) in [5.74, 6) is -0.275. The van der Waals surface area contributed by atoms with Gasteiger partial charge in [-0.2, -0.15) is 0 Å². The molecule has 8 heteroatoms. The SMILES string of the molecule is O=C(Nc1ccc(SC(CCc2ccc(Cl)cc2)Cn2ccnc2)cc1)c1ccc(Cl)cc1Cl. The summed E-state index contributed by atoms with van der Waals surface area (Å²) in [6.45, 7) is 0.853. The highest BCUT2D eigenvalue weighted by atomic mass is 35.5. The molecule has 0 saturated heterocycles. The zero-order valence-electron chi connectivity index (χ0n) is 18.1. The Bertz CT molecular complexity index is 1230. The molecule has 34 heavy (non-hydrogen) atoms. The van der Waals surface area contributed by atoms with Gasteiger partial charge in [-0.25, -0.2) is 4.98 Å². The lowest BCUT2D eigenvalue weighted by atomic mass is 10.1. The average molecular weight is 531 g/mol. The normalized spacial score (nSPS) is 11.9. The molecule has 1 N–H and O–H groups in total. The van der Waals surface area contributed by atoms with Crippen LogP contribution in [0, 0.1) is 0 Å². The fourth-order valence-corrected chi connectivity index (χ4v) is 5.26. The molecular weight excluding hydrogens is 509 g/mol. The van der Waals surface area contributed by atoms with Gasteiger partial charge in [-0.15, -0.1) is 11.8 Å². The molecule has 1 heterocycles. The third-order valence-electron chi connectivity index (χ3n) is 5.23. The number of nitrogens with one attached hydrogen (secondary N) is 1. The van der Waals surface area contributed by atoms with Crippen molar-refractivity contribution in [1.82, 2.24) is 9.55 Å². The monoisotopic (exact) mass is 529 g/mol. The number of carbonyl (C=O) groups is 1. The van der Waals surface area contributed by atoms with Gasteiger partial charge >= 0.3 is 0 Å². The van der Waals surface area contributed by atoms with Crippen LogP contribution in [0.1, 0.15) is 22.3 Å². The number of rotatable bonds is 9. The Morgan fingerprint density at radius 2 is 1.71 bits per heavy atom. The van der Waals surface area contributed by atoms with Crippen LogP contribution in [-0.2, 0) is 13.0 Å². The van der Waals surface area contributed by atoms with Gasteiger partial charge in [0.25, 0.3) is 5.91 Å². The highest BCUT2D eigenvalue weighted by Gasteiger charge is 2.14. The van der Waals surface area contributed by atoms with Crippen LogP contribution in [0.4, 0.5) is 5.69 Å². The maximum absolute atomic E-state index is 12.6. The highest BCUT2D eigenvalue weighted by molar-refractivity contribution is 8.00. The summed E-state index contributed by atoms with van der Waals surface area (Å²) in [4.78, 5) is 17.9. The number of aryl methyl sites for hydroxylation is 1. The molecule has 174 valence electrons. The second-order valence-corrected chi connectivity index (χ2v) is 10.4. The molecule has 1 unspecified atom stereocenters. The minimum Gasteiger partial charge on any atom is -0.336 e. The molecule has 0 fully saturated rings. The van der Waals surface area contributed by atoms with E-state index in [4.69, 9.17) is 34.8 Å². The van der Waals surface area contributed by atoms with Gasteiger partial charge < -0.3 is 9.88 Å². The van der Waals surface area contributed by atoms with E-state index in [1.54, 1.807) is 24.4 Å². The summed E-state index contributed by atoms with van der Waals surface area (Å²) in [5, 5.41) is 4.79. The van der Waals surface area contributed by atoms with Crippen molar-refractivity contribution in [2.45, 2.75) is 29.5 Å². The number of imidazole rings is 1. The Kier molecular flexibility index (Phi) is 8.57. The second-order valence-electron chi connectivity index (χ2n) is 7.77. The molecule has 3 aromatic carbocycles. The van der Waals surface area contributed by atoms with Crippen LogP contribution in [0.3, 0.4) is 0 Å². The minimum absolute atomic E-state index is 0.275. The molecule has 4 rings (SSSR count). The van der Waals surface area contributed by atoms with E-state index in [-0.39, 0.29) is 5.91 Å². The number of hydrogen-bond donors (Lipinski definition) is 1. The van der Waals surface area contributed by atoms with Crippen molar-refractivity contribution in [1.29, 1.82) is 0 Å². The summed E-state index contributed by atoms with van der Waals surface area (Å²) < 4.78 is 2.10. The lowest BCUT2D eigenvalue weighted by Crippen LogP contribution is -2.13. The molecule has 1 amide bonds. The Morgan fingerprint density at radius 1 is 0.971 bits per heavy atom. The third-order valence-corrected chi connectivity index (χ3v) is 7.29. The molecule has 1 atom stereocenters. The van der Waals surface area contributed by atoms with E-state index >= 15 is 0 Å². The first-order valence-electron chi connectivity index (χ1n) is 10.7. The molecular formula is C26H22Cl3N3OS. The van der Waals surface area contributed by atoms with Crippen LogP contribution in [0.25, 0.3) is 0 Å². The van der Waals surface area contributed by atoms with Gasteiger partial charge in [0.05, 0.1) is 16.9 Å². The number of thioether (sulfide) groups is 1. The van der Waals surface area contributed by atoms with Crippen molar-refractivity contribution >= 4 is 58.2 Å². The van der Waals surface area contributed by atoms with Crippen molar-refractivity contribution in [2.75, 3.05) is 5.32 Å². The fraction of sp³-hybridized carbons (Fsp3) is 0.154. The maximum Gasteiger partial charge on any atom is 0.257 e. The zero-order valence-corrected chi connectivity index (χ0v) is 21.2. The number of benzene rings is 3. The van der Waals surface area contributed by atoms with Crippen LogP contribution < -0.4 is 5.32 Å². The summed E-state index contributed by atoms with van der Waals surface area (Å²) in [6.07, 6.45) is 7.58. The van der Waals surface area contributed by atoms with Crippen molar-refractivity contribution in [2.24, 2.45) is 0 Å². The Balaban J connectivity index is 1.40. The van der Waals surface area contributed by atoms with Crippen molar-refractivity contribution in [3.63, 3.8) is 0 Å². The number of halogens is 3. The number of aromatic nitrogens is 2. The number of nitrogens with zero attached hydrogens (tertiary/aromatic N) is 2. The van der Waals surface area contributed by atoms with E-state index in [0.717, 1.165) is 29.3 Å². The molecule has 0 saturated carbocycles. The molecule has 4 nitrogen and oxygen atoms in total. The number of hydrogen-bond acceptors (Lipinski definition) is 3. The smallest absolute Gasteiger partial charge is 0.257 e. The molecule has 0 radical (unpaired) electrons. The van der Waals surface area contributed by atoms with E-state index in [9.17, 15) is 4.79 Å². The van der Waals surface area contributed by atoms with Gasteiger partial charge in [0.1, 0.15) is 0 Å². The van der Waals surface area contributed by atoms with Crippen molar-refractivity contribution in [3.05, 3.63) is 112 Å². The lowest BCUT2D eigenvalue weighted by Gasteiger charge is -2.18. The number of anilines is 1. The first-order chi connectivity index (χ1) is 16.5. The quantitative estimate of drug-likeness (QED) is 0.224. The maximum atomic E-state index is 12.6. The molecule has 0 aliphatic heterocycles. The highest BCUT2D eigenvalue weighted by Crippen LogP contribution is 2.29. The van der Waals surface area contributed by atoms with Crippen LogP contribution >= 0.6 is 46.6 Å². The fourth-order valence-electron chi connectivity index (χ4n) is 3.48. The zero-order chi connectivity index (χ0) is 23.9. The lowest BCUT2D eigenvalue weighted by molar-refractivity contribution is 0.102. The van der Waals surface area contributed by atoms with Crippen LogP contribution in [0.5, 0.6) is 0 Å². The first kappa shape index (κ1) is 24.7. The molecule has 1 aromatic heterocycles. The van der Waals surface area contributed by atoms with Gasteiger partial charge in [-0.3, -0.25) is 4.79 Å². The van der Waals surface area contributed by atoms with Crippen molar-refractivity contribution in [3.8, 4) is 0 Å². The van der Waals surface area contributed by atoms with Gasteiger partial charge in [0.2, 0.25) is 0 Å². The predicted molar refractivity (Wildman–Crippen MR) is 143 cm³/mol. The number of amides is 1. The second kappa shape index (κ2) is 11.8. The first-order valence-corrected chi connectivity index (χ1v) is 12.7. The molecule has 0 bridgehead atoms. The number of carbonyl (C=O) groups excluding carboxylic acids is 1. The molecule has 0 aliphatic carbocycles. The van der Waals surface area contributed by atoms with E-state index in [1.165, 1.54) is 5.56 Å². The van der Waals surface area contributed by atoms with E-state index in [1.807, 2.05) is 60.7 Å². The largest absolute Gasteiger partial charge is 0.336 e. The average Bonchev–Trinajstić information content (AvgIpc) is 3.33. The Morgan fingerprint density at radius 3 is 2.38 bits per heavy atom. The Hall–Kier alpha value is -2.44. The van der Waals surface area contributed by atoms with Gasteiger partial charge in [0, 0.05) is 44.8 Å². The summed E-state index contributed by atoms with van der Waals surface area (Å²) >= 11 is 19.9. The minimum atomic E-state index is -0.275. The summed E-state index contributed by atoms with van der Waals surface area (Å²) in [6, 6.07) is 20.7. The van der Waals surface area contributed by atoms with E-state index < -0.39 is 0 Å². The Labute approximate surface area is 218 Å². The van der Waals surface area contributed by atoms with E-state index in [0.29, 0.717) is 26.5 Å². The van der Waals surface area contributed by atoms with Gasteiger partial charge in [0.15, 0.2) is 0 Å². The van der Waals surface area contributed by atoms with E-state index in [2.05, 4.69) is 27.0 Å². The predicted octanol–water partition coefficient (Wildman–Crippen LogP) is 7.89. The third kappa shape index (κ3) is 7.03. The van der Waals surface area contributed by atoms with Gasteiger partial charge in [-0.1, -0.05) is 46.9 Å².